The van der Waals surface area contributed by atoms with Gasteiger partial charge in [0.1, 0.15) is 5.82 Å². The lowest BCUT2D eigenvalue weighted by Gasteiger charge is -1.99. The van der Waals surface area contributed by atoms with Crippen molar-refractivity contribution in [1.82, 2.24) is 10.2 Å². The zero-order chi connectivity index (χ0) is 10.8. The number of aromatic amines is 1. The SMILES string of the molecule is Nc1[nH]ncc1C(=O)c1cccc(Cl)c1. The Bertz CT molecular complexity index is 507. The van der Waals surface area contributed by atoms with Crippen LogP contribution in [0.4, 0.5) is 5.82 Å². The minimum atomic E-state index is -0.191. The molecule has 0 fully saturated rings. The van der Waals surface area contributed by atoms with Crippen LogP contribution in [0.5, 0.6) is 0 Å². The number of benzene rings is 1. The lowest BCUT2D eigenvalue weighted by Crippen LogP contribution is -2.03. The molecule has 0 atom stereocenters. The molecule has 2 aromatic rings. The van der Waals surface area contributed by atoms with Gasteiger partial charge < -0.3 is 5.73 Å². The first-order valence-electron chi connectivity index (χ1n) is 4.27. The molecule has 76 valence electrons. The molecule has 4 nitrogen and oxygen atoms in total. The minimum Gasteiger partial charge on any atom is -0.383 e. The van der Waals surface area contributed by atoms with Gasteiger partial charge in [0.2, 0.25) is 0 Å². The van der Waals surface area contributed by atoms with Crippen molar-refractivity contribution in [2.45, 2.75) is 0 Å². The average Bonchev–Trinajstić information content (AvgIpc) is 2.63. The van der Waals surface area contributed by atoms with Crippen LogP contribution in [0.25, 0.3) is 0 Å². The predicted molar refractivity (Wildman–Crippen MR) is 57.9 cm³/mol. The van der Waals surface area contributed by atoms with Crippen LogP contribution in [0.2, 0.25) is 5.02 Å². The smallest absolute Gasteiger partial charge is 0.198 e. The van der Waals surface area contributed by atoms with E-state index in [0.717, 1.165) is 0 Å². The fraction of sp³-hybridized carbons (Fsp3) is 0. The van der Waals surface area contributed by atoms with E-state index in [1.165, 1.54) is 6.20 Å². The van der Waals surface area contributed by atoms with Crippen molar-refractivity contribution in [3.05, 3.63) is 46.6 Å². The molecular weight excluding hydrogens is 214 g/mol. The van der Waals surface area contributed by atoms with Crippen LogP contribution in [-0.2, 0) is 0 Å². The Morgan fingerprint density at radius 3 is 2.87 bits per heavy atom. The summed E-state index contributed by atoms with van der Waals surface area (Å²) in [4.78, 5) is 11.9. The fourth-order valence-corrected chi connectivity index (χ4v) is 1.45. The van der Waals surface area contributed by atoms with Crippen LogP contribution in [0.15, 0.2) is 30.5 Å². The molecule has 0 amide bonds. The first kappa shape index (κ1) is 9.73. The van der Waals surface area contributed by atoms with Crippen LogP contribution in [0.1, 0.15) is 15.9 Å². The molecule has 0 aliphatic heterocycles. The Balaban J connectivity index is 2.41. The summed E-state index contributed by atoms with van der Waals surface area (Å²) in [6.07, 6.45) is 1.40. The second-order valence-corrected chi connectivity index (χ2v) is 3.47. The van der Waals surface area contributed by atoms with Crippen molar-refractivity contribution in [2.75, 3.05) is 5.73 Å². The van der Waals surface area contributed by atoms with Gasteiger partial charge in [0, 0.05) is 10.6 Å². The highest BCUT2D eigenvalue weighted by atomic mass is 35.5. The molecule has 0 saturated heterocycles. The number of anilines is 1. The molecule has 1 aromatic carbocycles. The number of carbonyl (C=O) groups excluding carboxylic acids is 1. The van der Waals surface area contributed by atoms with E-state index in [9.17, 15) is 4.79 Å². The van der Waals surface area contributed by atoms with E-state index in [4.69, 9.17) is 17.3 Å². The molecule has 2 rings (SSSR count). The number of hydrogen-bond donors (Lipinski definition) is 2. The van der Waals surface area contributed by atoms with E-state index in [2.05, 4.69) is 10.2 Å². The maximum absolute atomic E-state index is 11.9. The Labute approximate surface area is 91.1 Å². The van der Waals surface area contributed by atoms with Crippen LogP contribution in [-0.4, -0.2) is 16.0 Å². The van der Waals surface area contributed by atoms with Gasteiger partial charge in [0.15, 0.2) is 5.78 Å². The van der Waals surface area contributed by atoms with Crippen molar-refractivity contribution in [3.63, 3.8) is 0 Å². The lowest BCUT2D eigenvalue weighted by molar-refractivity contribution is 0.103. The molecule has 0 radical (unpaired) electrons. The third-order valence-corrected chi connectivity index (χ3v) is 2.24. The number of halogens is 1. The van der Waals surface area contributed by atoms with Gasteiger partial charge in [0.25, 0.3) is 0 Å². The van der Waals surface area contributed by atoms with E-state index in [1.54, 1.807) is 24.3 Å². The van der Waals surface area contributed by atoms with Gasteiger partial charge in [-0.3, -0.25) is 9.89 Å². The molecule has 1 heterocycles. The topological polar surface area (TPSA) is 71.8 Å². The van der Waals surface area contributed by atoms with E-state index < -0.39 is 0 Å². The normalized spacial score (nSPS) is 10.2. The first-order valence-corrected chi connectivity index (χ1v) is 4.65. The predicted octanol–water partition coefficient (Wildman–Crippen LogP) is 1.88. The molecule has 0 unspecified atom stereocenters. The Morgan fingerprint density at radius 1 is 1.47 bits per heavy atom. The van der Waals surface area contributed by atoms with Gasteiger partial charge in [-0.15, -0.1) is 0 Å². The molecule has 1 aromatic heterocycles. The van der Waals surface area contributed by atoms with E-state index >= 15 is 0 Å². The van der Waals surface area contributed by atoms with Gasteiger partial charge in [-0.05, 0) is 12.1 Å². The standard InChI is InChI=1S/C10H8ClN3O/c11-7-3-1-2-6(4-7)9(15)8-5-13-14-10(8)12/h1-5H,(H3,12,13,14). The third-order valence-electron chi connectivity index (χ3n) is 2.00. The summed E-state index contributed by atoms with van der Waals surface area (Å²) in [5.41, 5.74) is 6.40. The number of hydrogen-bond acceptors (Lipinski definition) is 3. The number of H-pyrrole nitrogens is 1. The Morgan fingerprint density at radius 2 is 2.27 bits per heavy atom. The molecule has 0 bridgehead atoms. The number of ketones is 1. The van der Waals surface area contributed by atoms with Crippen molar-refractivity contribution >= 4 is 23.2 Å². The number of rotatable bonds is 2. The highest BCUT2D eigenvalue weighted by Crippen LogP contribution is 2.16. The summed E-state index contributed by atoms with van der Waals surface area (Å²) in [6, 6.07) is 6.69. The number of aromatic nitrogens is 2. The molecule has 15 heavy (non-hydrogen) atoms. The Kier molecular flexibility index (Phi) is 2.43. The molecule has 0 spiro atoms. The number of nitrogens with zero attached hydrogens (tertiary/aromatic N) is 1. The monoisotopic (exact) mass is 221 g/mol. The average molecular weight is 222 g/mol. The van der Waals surface area contributed by atoms with Gasteiger partial charge in [-0.1, -0.05) is 23.7 Å². The van der Waals surface area contributed by atoms with Crippen LogP contribution < -0.4 is 5.73 Å². The van der Waals surface area contributed by atoms with Gasteiger partial charge in [0.05, 0.1) is 11.8 Å². The summed E-state index contributed by atoms with van der Waals surface area (Å²) >= 11 is 5.78. The summed E-state index contributed by atoms with van der Waals surface area (Å²) < 4.78 is 0. The molecule has 5 heteroatoms. The largest absolute Gasteiger partial charge is 0.383 e. The van der Waals surface area contributed by atoms with Crippen LogP contribution >= 0.6 is 11.6 Å². The second kappa shape index (κ2) is 3.74. The number of nitrogens with two attached hydrogens (primary N) is 1. The van der Waals surface area contributed by atoms with E-state index in [-0.39, 0.29) is 11.6 Å². The minimum absolute atomic E-state index is 0.191. The first-order chi connectivity index (χ1) is 7.18. The summed E-state index contributed by atoms with van der Waals surface area (Å²) in [7, 11) is 0. The van der Waals surface area contributed by atoms with Crippen molar-refractivity contribution < 1.29 is 4.79 Å². The summed E-state index contributed by atoms with van der Waals surface area (Å²) in [6.45, 7) is 0. The van der Waals surface area contributed by atoms with Crippen LogP contribution in [0.3, 0.4) is 0 Å². The Hall–Kier alpha value is -1.81. The van der Waals surface area contributed by atoms with Gasteiger partial charge in [-0.25, -0.2) is 0 Å². The number of carbonyl (C=O) groups is 1. The van der Waals surface area contributed by atoms with Gasteiger partial charge >= 0.3 is 0 Å². The maximum atomic E-state index is 11.9. The summed E-state index contributed by atoms with van der Waals surface area (Å²) in [5, 5.41) is 6.71. The summed E-state index contributed by atoms with van der Waals surface area (Å²) in [5.74, 6) is 0.0729. The number of nitrogen functional groups attached to an aromatic ring is 1. The van der Waals surface area contributed by atoms with Crippen LogP contribution in [0, 0.1) is 0 Å². The van der Waals surface area contributed by atoms with E-state index in [0.29, 0.717) is 16.1 Å². The molecule has 0 aliphatic rings. The molecular formula is C10H8ClN3O. The number of nitrogens with one attached hydrogen (secondary N) is 1. The molecule has 0 saturated carbocycles. The quantitative estimate of drug-likeness (QED) is 0.761. The fourth-order valence-electron chi connectivity index (χ4n) is 1.26. The van der Waals surface area contributed by atoms with Crippen molar-refractivity contribution in [1.29, 1.82) is 0 Å². The lowest BCUT2D eigenvalue weighted by atomic mass is 10.1. The second-order valence-electron chi connectivity index (χ2n) is 3.04. The van der Waals surface area contributed by atoms with Crippen molar-refractivity contribution in [2.24, 2.45) is 0 Å². The molecule has 0 aliphatic carbocycles. The van der Waals surface area contributed by atoms with Gasteiger partial charge in [-0.2, -0.15) is 5.10 Å². The molecule has 3 N–H and O–H groups in total. The zero-order valence-electron chi connectivity index (χ0n) is 7.70. The highest BCUT2D eigenvalue weighted by molar-refractivity contribution is 6.31. The maximum Gasteiger partial charge on any atom is 0.198 e. The zero-order valence-corrected chi connectivity index (χ0v) is 8.45. The van der Waals surface area contributed by atoms with Crippen molar-refractivity contribution in [3.8, 4) is 0 Å². The third kappa shape index (κ3) is 1.85. The van der Waals surface area contributed by atoms with E-state index in [1.807, 2.05) is 0 Å². The highest BCUT2D eigenvalue weighted by Gasteiger charge is 2.13.